The van der Waals surface area contributed by atoms with E-state index in [0.29, 0.717) is 11.5 Å². The lowest BCUT2D eigenvalue weighted by Crippen LogP contribution is -2.20. The third-order valence-electron chi connectivity index (χ3n) is 4.56. The normalized spacial score (nSPS) is 17.8. The number of fused-ring (bicyclic) bond motifs is 1. The largest absolute Gasteiger partial charge is 0.508 e. The lowest BCUT2D eigenvalue weighted by Gasteiger charge is -2.16. The van der Waals surface area contributed by atoms with E-state index in [-0.39, 0.29) is 30.8 Å². The topological polar surface area (TPSA) is 101 Å². The van der Waals surface area contributed by atoms with Crippen molar-refractivity contribution < 1.29 is 19.0 Å². The molecule has 3 heterocycles. The van der Waals surface area contributed by atoms with Crippen LogP contribution in [0.5, 0.6) is 0 Å². The van der Waals surface area contributed by atoms with Crippen LogP contribution in [0.25, 0.3) is 11.0 Å². The number of nitrogen functional groups attached to an aromatic ring is 1. The summed E-state index contributed by atoms with van der Waals surface area (Å²) in [6.45, 7) is 0.298. The Kier molecular flexibility index (Phi) is 7.12. The fourth-order valence-electron chi connectivity index (χ4n) is 3.19. The highest BCUT2D eigenvalue weighted by Gasteiger charge is 2.29. The number of nitrogens with two attached hydrogens (primary N) is 1. The van der Waals surface area contributed by atoms with E-state index in [9.17, 15) is 4.79 Å². The molecule has 0 aliphatic carbocycles. The number of aromatic nitrogens is 3. The van der Waals surface area contributed by atoms with Crippen molar-refractivity contribution in [2.45, 2.75) is 31.8 Å². The molecule has 9 heteroatoms. The summed E-state index contributed by atoms with van der Waals surface area (Å²) in [5.41, 5.74) is 7.40. The molecule has 0 bridgehead atoms. The van der Waals surface area contributed by atoms with Crippen LogP contribution in [0.3, 0.4) is 0 Å². The first-order valence-electron chi connectivity index (χ1n) is 9.22. The van der Waals surface area contributed by atoms with Crippen LogP contribution < -0.4 is 5.73 Å². The zero-order valence-corrected chi connectivity index (χ0v) is 16.9. The summed E-state index contributed by atoms with van der Waals surface area (Å²) in [4.78, 5) is 20.0. The molecule has 0 amide bonds. The van der Waals surface area contributed by atoms with E-state index in [1.165, 1.54) is 0 Å². The molecule has 1 saturated heterocycles. The molecule has 156 valence electrons. The fourth-order valence-corrected chi connectivity index (χ4v) is 3.37. The minimum atomic E-state index is -0.713. The van der Waals surface area contributed by atoms with Gasteiger partial charge in [-0.1, -0.05) is 30.3 Å². The van der Waals surface area contributed by atoms with E-state index in [0.717, 1.165) is 23.8 Å². The summed E-state index contributed by atoms with van der Waals surface area (Å²) >= 11 is 5.92. The molecule has 2 atom stereocenters. The summed E-state index contributed by atoms with van der Waals surface area (Å²) in [6, 6.07) is 11.2. The molecule has 0 spiro atoms. The third kappa shape index (κ3) is 5.00. The Bertz CT molecular complexity index is 1020. The van der Waals surface area contributed by atoms with Gasteiger partial charge >= 0.3 is 6.16 Å². The van der Waals surface area contributed by atoms with Crippen molar-refractivity contribution in [3.8, 4) is 12.8 Å². The van der Waals surface area contributed by atoms with E-state index < -0.39 is 6.16 Å². The molecule has 2 aromatic heterocycles. The average Bonchev–Trinajstić information content (AvgIpc) is 3.40. The number of carbonyl (C=O) groups excluding carboxylic acids is 1. The van der Waals surface area contributed by atoms with Gasteiger partial charge in [0.15, 0.2) is 0 Å². The number of carbonyl (C=O) groups is 1. The molecule has 0 unspecified atom stereocenters. The number of terminal acetylenes is 1. The van der Waals surface area contributed by atoms with Gasteiger partial charge in [0.1, 0.15) is 30.9 Å². The summed E-state index contributed by atoms with van der Waals surface area (Å²) < 4.78 is 18.1. The number of hydrogen-bond acceptors (Lipinski definition) is 7. The first-order chi connectivity index (χ1) is 14.6. The molecular formula is C21H21ClN4O4. The second-order valence-electron chi connectivity index (χ2n) is 6.46. The van der Waals surface area contributed by atoms with Gasteiger partial charge in [-0.05, 0) is 36.1 Å². The molecule has 1 aliphatic rings. The van der Waals surface area contributed by atoms with Gasteiger partial charge in [-0.15, -0.1) is 12.8 Å². The number of ether oxygens (including phenoxy) is 3. The van der Waals surface area contributed by atoms with Gasteiger partial charge in [-0.2, -0.15) is 4.98 Å². The zero-order chi connectivity index (χ0) is 21.5. The van der Waals surface area contributed by atoms with Crippen molar-refractivity contribution >= 4 is 34.6 Å². The van der Waals surface area contributed by atoms with E-state index in [1.807, 2.05) is 47.2 Å². The van der Waals surface area contributed by atoms with Crippen LogP contribution in [0.2, 0.25) is 5.28 Å². The molecule has 4 rings (SSSR count). The SMILES string of the molecule is C#C.Nc1nc(Cl)nc2c1ccn2[C@H]1CC[C@@H](COC(=O)OCc2ccccc2)O1. The van der Waals surface area contributed by atoms with Crippen LogP contribution in [0.15, 0.2) is 42.6 Å². The smallest absolute Gasteiger partial charge is 0.432 e. The molecule has 8 nitrogen and oxygen atoms in total. The average molecular weight is 429 g/mol. The summed E-state index contributed by atoms with van der Waals surface area (Å²) in [7, 11) is 0. The summed E-state index contributed by atoms with van der Waals surface area (Å²) in [6.07, 6.45) is 10.2. The van der Waals surface area contributed by atoms with Crippen molar-refractivity contribution in [3.63, 3.8) is 0 Å². The van der Waals surface area contributed by atoms with Crippen LogP contribution in [0.1, 0.15) is 24.6 Å². The van der Waals surface area contributed by atoms with E-state index in [2.05, 4.69) is 22.8 Å². The maximum Gasteiger partial charge on any atom is 0.508 e. The molecule has 30 heavy (non-hydrogen) atoms. The van der Waals surface area contributed by atoms with Crippen LogP contribution in [0, 0.1) is 12.8 Å². The van der Waals surface area contributed by atoms with Crippen LogP contribution in [-0.2, 0) is 20.8 Å². The number of rotatable bonds is 5. The Morgan fingerprint density at radius 3 is 2.73 bits per heavy atom. The minimum absolute atomic E-state index is 0.0870. The van der Waals surface area contributed by atoms with Crippen LogP contribution >= 0.6 is 11.6 Å². The van der Waals surface area contributed by atoms with Gasteiger partial charge in [0, 0.05) is 6.20 Å². The van der Waals surface area contributed by atoms with E-state index >= 15 is 0 Å². The Morgan fingerprint density at radius 2 is 1.97 bits per heavy atom. The Balaban J connectivity index is 0.00000124. The van der Waals surface area contributed by atoms with Crippen molar-refractivity contribution in [2.24, 2.45) is 0 Å². The number of anilines is 1. The van der Waals surface area contributed by atoms with Gasteiger partial charge in [-0.25, -0.2) is 9.78 Å². The second kappa shape index (κ2) is 9.96. The van der Waals surface area contributed by atoms with Gasteiger partial charge in [0.25, 0.3) is 0 Å². The van der Waals surface area contributed by atoms with Gasteiger partial charge in [-0.3, -0.25) is 0 Å². The molecule has 3 aromatic rings. The number of nitrogens with zero attached hydrogens (tertiary/aromatic N) is 3. The summed E-state index contributed by atoms with van der Waals surface area (Å²) in [5, 5.41) is 0.807. The highest BCUT2D eigenvalue weighted by atomic mass is 35.5. The first-order valence-corrected chi connectivity index (χ1v) is 9.60. The fraction of sp³-hybridized carbons (Fsp3) is 0.286. The Hall–Kier alpha value is -3.28. The molecule has 2 N–H and O–H groups in total. The molecule has 1 aliphatic heterocycles. The maximum absolute atomic E-state index is 11.8. The van der Waals surface area contributed by atoms with Gasteiger partial charge in [0.05, 0.1) is 11.5 Å². The molecular weight excluding hydrogens is 408 g/mol. The number of halogens is 1. The van der Waals surface area contributed by atoms with E-state index in [4.69, 9.17) is 31.5 Å². The standard InChI is InChI=1S/C19H19ClN4O4.C2H2/c20-18-22-16(21)14-8-9-24(17(14)23-18)15-7-6-13(28-15)11-27-19(25)26-10-12-4-2-1-3-5-12;1-2/h1-5,8-9,13,15H,6-7,10-11H2,(H2,21,22,23);1-2H/t13-,15+;/m0./s1. The molecule has 0 radical (unpaired) electrons. The van der Waals surface area contributed by atoms with Crippen molar-refractivity contribution in [3.05, 3.63) is 53.4 Å². The minimum Gasteiger partial charge on any atom is -0.432 e. The van der Waals surface area contributed by atoms with Crippen molar-refractivity contribution in [2.75, 3.05) is 12.3 Å². The van der Waals surface area contributed by atoms with Crippen molar-refractivity contribution in [1.82, 2.24) is 14.5 Å². The van der Waals surface area contributed by atoms with Crippen molar-refractivity contribution in [1.29, 1.82) is 0 Å². The van der Waals surface area contributed by atoms with Crippen LogP contribution in [0.4, 0.5) is 10.6 Å². The van der Waals surface area contributed by atoms with E-state index in [1.54, 1.807) is 0 Å². The molecule has 1 fully saturated rings. The quantitative estimate of drug-likeness (QED) is 0.373. The lowest BCUT2D eigenvalue weighted by atomic mass is 10.2. The Morgan fingerprint density at radius 1 is 1.20 bits per heavy atom. The third-order valence-corrected chi connectivity index (χ3v) is 4.73. The zero-order valence-electron chi connectivity index (χ0n) is 16.1. The predicted octanol–water partition coefficient (Wildman–Crippen LogP) is 3.95. The van der Waals surface area contributed by atoms with Gasteiger partial charge < -0.3 is 24.5 Å². The monoisotopic (exact) mass is 428 g/mol. The Labute approximate surface area is 178 Å². The second-order valence-corrected chi connectivity index (χ2v) is 6.80. The van der Waals surface area contributed by atoms with Gasteiger partial charge in [0.2, 0.25) is 5.28 Å². The number of benzene rings is 1. The highest BCUT2D eigenvalue weighted by molar-refractivity contribution is 6.28. The highest BCUT2D eigenvalue weighted by Crippen LogP contribution is 2.32. The molecule has 0 saturated carbocycles. The molecule has 1 aromatic carbocycles. The predicted molar refractivity (Wildman–Crippen MR) is 113 cm³/mol. The first kappa shape index (κ1) is 21.4. The number of hydrogen-bond donors (Lipinski definition) is 1. The van der Waals surface area contributed by atoms with Crippen LogP contribution in [-0.4, -0.2) is 33.4 Å². The lowest BCUT2D eigenvalue weighted by molar-refractivity contribution is -0.0379. The summed E-state index contributed by atoms with van der Waals surface area (Å²) in [5.74, 6) is 0.327. The maximum atomic E-state index is 11.8.